The predicted octanol–water partition coefficient (Wildman–Crippen LogP) is 2.63. The maximum atomic E-state index is 12.4. The molecule has 2 bridgehead atoms. The van der Waals surface area contributed by atoms with Gasteiger partial charge in [-0.15, -0.1) is 0 Å². The lowest BCUT2D eigenvalue weighted by Gasteiger charge is -2.45. The first-order valence-electron chi connectivity index (χ1n) is 8.24. The highest BCUT2D eigenvalue weighted by Crippen LogP contribution is 2.35. The minimum atomic E-state index is -0.174. The standard InChI is InChI=1S/C18H25NO2/c20-17(11-4-8-14-6-2-1-3-7-14)19-12-15-9-5-10-16(13-19)18(15)21/h1-3,6-7,15-16,18,21H,4-5,8-13H2/t15-,16+,18?. The highest BCUT2D eigenvalue weighted by molar-refractivity contribution is 5.76. The van der Waals surface area contributed by atoms with Crippen LogP contribution in [0.4, 0.5) is 0 Å². The van der Waals surface area contributed by atoms with Gasteiger partial charge in [0.1, 0.15) is 0 Å². The van der Waals surface area contributed by atoms with Crippen molar-refractivity contribution in [2.24, 2.45) is 11.8 Å². The number of benzene rings is 1. The molecule has 3 heteroatoms. The van der Waals surface area contributed by atoms with Crippen LogP contribution >= 0.6 is 0 Å². The van der Waals surface area contributed by atoms with Gasteiger partial charge in [0.2, 0.25) is 5.91 Å². The molecule has 1 aliphatic heterocycles. The van der Waals surface area contributed by atoms with Gasteiger partial charge in [-0.3, -0.25) is 4.79 Å². The minimum absolute atomic E-state index is 0.174. The fourth-order valence-electron chi connectivity index (χ4n) is 3.86. The number of aliphatic hydroxyl groups excluding tert-OH is 1. The minimum Gasteiger partial charge on any atom is -0.392 e. The van der Waals surface area contributed by atoms with Crippen LogP contribution in [0.25, 0.3) is 0 Å². The Morgan fingerprint density at radius 3 is 2.48 bits per heavy atom. The molecule has 3 atom stereocenters. The van der Waals surface area contributed by atoms with Gasteiger partial charge in [-0.05, 0) is 31.2 Å². The third-order valence-electron chi connectivity index (χ3n) is 5.08. The number of fused-ring (bicyclic) bond motifs is 2. The molecule has 3 rings (SSSR count). The Bertz CT molecular complexity index is 459. The van der Waals surface area contributed by atoms with E-state index in [0.29, 0.717) is 18.3 Å². The number of likely N-dealkylation sites (tertiary alicyclic amines) is 1. The van der Waals surface area contributed by atoms with E-state index < -0.39 is 0 Å². The monoisotopic (exact) mass is 287 g/mol. The van der Waals surface area contributed by atoms with Gasteiger partial charge in [0, 0.05) is 31.3 Å². The third-order valence-corrected chi connectivity index (χ3v) is 5.08. The first-order chi connectivity index (χ1) is 10.2. The first-order valence-corrected chi connectivity index (χ1v) is 8.24. The SMILES string of the molecule is O=C(CCCc1ccccc1)N1C[C@H]2CCC[C@@H](C1)C2O. The van der Waals surface area contributed by atoms with E-state index in [0.717, 1.165) is 38.8 Å². The van der Waals surface area contributed by atoms with Crippen LogP contribution in [0.5, 0.6) is 0 Å². The Balaban J connectivity index is 1.47. The van der Waals surface area contributed by atoms with Crippen molar-refractivity contribution < 1.29 is 9.90 Å². The quantitative estimate of drug-likeness (QED) is 0.925. The molecule has 0 radical (unpaired) electrons. The van der Waals surface area contributed by atoms with E-state index in [9.17, 15) is 9.90 Å². The summed E-state index contributed by atoms with van der Waals surface area (Å²) in [6.07, 6.45) is 5.70. The Morgan fingerprint density at radius 1 is 1.14 bits per heavy atom. The number of carbonyl (C=O) groups excluding carboxylic acids is 1. The molecule has 2 fully saturated rings. The van der Waals surface area contributed by atoms with Gasteiger partial charge < -0.3 is 10.0 Å². The van der Waals surface area contributed by atoms with Crippen molar-refractivity contribution >= 4 is 5.91 Å². The van der Waals surface area contributed by atoms with Crippen molar-refractivity contribution in [3.05, 3.63) is 35.9 Å². The highest BCUT2D eigenvalue weighted by atomic mass is 16.3. The second-order valence-corrected chi connectivity index (χ2v) is 6.58. The number of aryl methyl sites for hydroxylation is 1. The first kappa shape index (κ1) is 14.6. The van der Waals surface area contributed by atoms with E-state index in [4.69, 9.17) is 0 Å². The molecule has 1 N–H and O–H groups in total. The summed E-state index contributed by atoms with van der Waals surface area (Å²) in [5, 5.41) is 10.2. The molecule has 1 aliphatic carbocycles. The van der Waals surface area contributed by atoms with Crippen molar-refractivity contribution in [1.82, 2.24) is 4.90 Å². The number of carbonyl (C=O) groups is 1. The number of aliphatic hydroxyl groups is 1. The fourth-order valence-corrected chi connectivity index (χ4v) is 3.86. The van der Waals surface area contributed by atoms with Gasteiger partial charge >= 0.3 is 0 Å². The Kier molecular flexibility index (Phi) is 4.59. The van der Waals surface area contributed by atoms with Gasteiger partial charge in [0.15, 0.2) is 0 Å². The molecule has 21 heavy (non-hydrogen) atoms. The lowest BCUT2D eigenvalue weighted by molar-refractivity contribution is -0.139. The van der Waals surface area contributed by atoms with Gasteiger partial charge in [0.05, 0.1) is 6.10 Å². The number of rotatable bonds is 4. The fraction of sp³-hybridized carbons (Fsp3) is 0.611. The van der Waals surface area contributed by atoms with E-state index in [1.165, 1.54) is 12.0 Å². The summed E-state index contributed by atoms with van der Waals surface area (Å²) < 4.78 is 0. The Hall–Kier alpha value is -1.35. The van der Waals surface area contributed by atoms with Gasteiger partial charge in [-0.25, -0.2) is 0 Å². The maximum absolute atomic E-state index is 12.4. The van der Waals surface area contributed by atoms with Crippen LogP contribution in [-0.4, -0.2) is 35.1 Å². The van der Waals surface area contributed by atoms with Crippen molar-refractivity contribution in [3.63, 3.8) is 0 Å². The van der Waals surface area contributed by atoms with Crippen LogP contribution in [-0.2, 0) is 11.2 Å². The summed E-state index contributed by atoms with van der Waals surface area (Å²) >= 11 is 0. The smallest absolute Gasteiger partial charge is 0.222 e. The topological polar surface area (TPSA) is 40.5 Å². The zero-order valence-electron chi connectivity index (χ0n) is 12.6. The number of piperidine rings is 1. The largest absolute Gasteiger partial charge is 0.392 e. The molecule has 2 aliphatic rings. The van der Waals surface area contributed by atoms with Gasteiger partial charge in [-0.2, -0.15) is 0 Å². The average Bonchev–Trinajstić information content (AvgIpc) is 2.48. The number of hydrogen-bond acceptors (Lipinski definition) is 2. The maximum Gasteiger partial charge on any atom is 0.222 e. The zero-order chi connectivity index (χ0) is 14.7. The number of hydrogen-bond donors (Lipinski definition) is 1. The van der Waals surface area contributed by atoms with Crippen LogP contribution in [0.15, 0.2) is 30.3 Å². The predicted molar refractivity (Wildman–Crippen MR) is 82.8 cm³/mol. The molecule has 1 aromatic carbocycles. The summed E-state index contributed by atoms with van der Waals surface area (Å²) in [6, 6.07) is 10.3. The van der Waals surface area contributed by atoms with E-state index in [-0.39, 0.29) is 12.0 Å². The Labute approximate surface area is 127 Å². The molecule has 3 nitrogen and oxygen atoms in total. The van der Waals surface area contributed by atoms with Crippen molar-refractivity contribution in [2.45, 2.75) is 44.6 Å². The second-order valence-electron chi connectivity index (χ2n) is 6.58. The number of nitrogens with zero attached hydrogens (tertiary/aromatic N) is 1. The molecule has 114 valence electrons. The van der Waals surface area contributed by atoms with E-state index in [2.05, 4.69) is 12.1 Å². The number of amides is 1. The normalized spacial score (nSPS) is 28.4. The Morgan fingerprint density at radius 2 is 1.81 bits per heavy atom. The van der Waals surface area contributed by atoms with Crippen LogP contribution < -0.4 is 0 Å². The van der Waals surface area contributed by atoms with E-state index >= 15 is 0 Å². The van der Waals surface area contributed by atoms with Crippen LogP contribution in [0.1, 0.15) is 37.7 Å². The van der Waals surface area contributed by atoms with Crippen LogP contribution in [0, 0.1) is 11.8 Å². The summed E-state index contributed by atoms with van der Waals surface area (Å²) in [5.74, 6) is 0.904. The molecular weight excluding hydrogens is 262 g/mol. The summed E-state index contributed by atoms with van der Waals surface area (Å²) in [6.45, 7) is 1.53. The zero-order valence-corrected chi connectivity index (χ0v) is 12.6. The van der Waals surface area contributed by atoms with Crippen molar-refractivity contribution in [3.8, 4) is 0 Å². The molecule has 1 aromatic rings. The molecule has 1 heterocycles. The van der Waals surface area contributed by atoms with Gasteiger partial charge in [0.25, 0.3) is 0 Å². The summed E-state index contributed by atoms with van der Waals surface area (Å²) in [5.41, 5.74) is 1.30. The molecule has 1 saturated carbocycles. The summed E-state index contributed by atoms with van der Waals surface area (Å²) in [4.78, 5) is 14.4. The van der Waals surface area contributed by atoms with Crippen molar-refractivity contribution in [2.75, 3.05) is 13.1 Å². The summed E-state index contributed by atoms with van der Waals surface area (Å²) in [7, 11) is 0. The average molecular weight is 287 g/mol. The van der Waals surface area contributed by atoms with Gasteiger partial charge in [-0.1, -0.05) is 36.8 Å². The molecule has 1 saturated heterocycles. The molecule has 0 spiro atoms. The van der Waals surface area contributed by atoms with Crippen LogP contribution in [0.3, 0.4) is 0 Å². The van der Waals surface area contributed by atoms with Crippen molar-refractivity contribution in [1.29, 1.82) is 0 Å². The lowest BCUT2D eigenvalue weighted by Crippen LogP contribution is -2.53. The second kappa shape index (κ2) is 6.61. The lowest BCUT2D eigenvalue weighted by atomic mass is 9.75. The molecule has 1 unspecified atom stereocenters. The third kappa shape index (κ3) is 3.46. The molecular formula is C18H25NO2. The van der Waals surface area contributed by atoms with E-state index in [1.807, 2.05) is 23.1 Å². The van der Waals surface area contributed by atoms with Crippen LogP contribution in [0.2, 0.25) is 0 Å². The molecule has 1 amide bonds. The highest BCUT2D eigenvalue weighted by Gasteiger charge is 2.39. The molecule has 0 aromatic heterocycles. The van der Waals surface area contributed by atoms with E-state index in [1.54, 1.807) is 0 Å².